The Balaban J connectivity index is 0.00000342. The summed E-state index contributed by atoms with van der Waals surface area (Å²) in [5.41, 5.74) is 4.99. The minimum Gasteiger partial charge on any atom is -0.489 e. The molecule has 4 rings (SSSR count). The van der Waals surface area contributed by atoms with Crippen LogP contribution >= 0.6 is 24.0 Å². The standard InChI is InChI=1S/C31H32ClNO.ClH/c1-24(21-25-11-10-17-29(22-25)34-23-28-16-8-9-18-31(28)32)33-20-19-30(26-12-4-2-5-13-26)27-14-6-3-7-15-27;/h2-18,22,24,30,33H,19-21,23H2,1H3;1H. The molecule has 1 N–H and O–H groups in total. The first-order valence-corrected chi connectivity index (χ1v) is 12.4. The summed E-state index contributed by atoms with van der Waals surface area (Å²) >= 11 is 6.25. The van der Waals surface area contributed by atoms with Gasteiger partial charge in [-0.25, -0.2) is 0 Å². The minimum absolute atomic E-state index is 0. The predicted octanol–water partition coefficient (Wildman–Crippen LogP) is 8.08. The first-order valence-electron chi connectivity index (χ1n) is 12.0. The Kier molecular flexibility index (Phi) is 10.7. The topological polar surface area (TPSA) is 21.3 Å². The van der Waals surface area contributed by atoms with Gasteiger partial charge in [0.15, 0.2) is 0 Å². The highest BCUT2D eigenvalue weighted by atomic mass is 35.5. The Morgan fingerprint density at radius 1 is 0.771 bits per heavy atom. The van der Waals surface area contributed by atoms with Crippen LogP contribution in [-0.2, 0) is 13.0 Å². The Labute approximate surface area is 220 Å². The summed E-state index contributed by atoms with van der Waals surface area (Å²) in [6.45, 7) is 3.67. The first-order chi connectivity index (χ1) is 16.7. The van der Waals surface area contributed by atoms with E-state index in [1.165, 1.54) is 16.7 Å². The van der Waals surface area contributed by atoms with E-state index >= 15 is 0 Å². The largest absolute Gasteiger partial charge is 0.489 e. The van der Waals surface area contributed by atoms with Crippen LogP contribution in [0.1, 0.15) is 41.5 Å². The zero-order valence-corrected chi connectivity index (χ0v) is 21.6. The molecule has 0 aliphatic heterocycles. The lowest BCUT2D eigenvalue weighted by Crippen LogP contribution is -2.30. The Morgan fingerprint density at radius 3 is 2.06 bits per heavy atom. The van der Waals surface area contributed by atoms with Crippen LogP contribution in [0.4, 0.5) is 0 Å². The maximum Gasteiger partial charge on any atom is 0.120 e. The molecule has 4 heteroatoms. The van der Waals surface area contributed by atoms with E-state index in [0.717, 1.165) is 35.7 Å². The van der Waals surface area contributed by atoms with Crippen molar-refractivity contribution in [2.75, 3.05) is 6.54 Å². The third-order valence-electron chi connectivity index (χ3n) is 6.12. The van der Waals surface area contributed by atoms with Gasteiger partial charge in [-0.3, -0.25) is 0 Å². The lowest BCUT2D eigenvalue weighted by atomic mass is 9.88. The van der Waals surface area contributed by atoms with Crippen LogP contribution in [0.2, 0.25) is 5.02 Å². The molecule has 0 bridgehead atoms. The van der Waals surface area contributed by atoms with Crippen molar-refractivity contribution < 1.29 is 4.74 Å². The molecule has 0 fully saturated rings. The summed E-state index contributed by atoms with van der Waals surface area (Å²) in [5, 5.41) is 4.46. The van der Waals surface area contributed by atoms with Gasteiger partial charge in [-0.05, 0) is 61.2 Å². The first kappa shape index (κ1) is 26.8. The normalized spacial score (nSPS) is 11.6. The van der Waals surface area contributed by atoms with Crippen LogP contribution < -0.4 is 10.1 Å². The number of nitrogens with one attached hydrogen (secondary N) is 1. The lowest BCUT2D eigenvalue weighted by Gasteiger charge is -2.20. The van der Waals surface area contributed by atoms with Crippen molar-refractivity contribution in [1.29, 1.82) is 0 Å². The molecule has 2 nitrogen and oxygen atoms in total. The van der Waals surface area contributed by atoms with Gasteiger partial charge in [-0.2, -0.15) is 0 Å². The van der Waals surface area contributed by atoms with E-state index < -0.39 is 0 Å². The van der Waals surface area contributed by atoms with Crippen molar-refractivity contribution in [2.45, 2.75) is 38.3 Å². The van der Waals surface area contributed by atoms with Gasteiger partial charge in [0.05, 0.1) is 0 Å². The maximum absolute atomic E-state index is 6.25. The van der Waals surface area contributed by atoms with E-state index in [-0.39, 0.29) is 12.4 Å². The summed E-state index contributed by atoms with van der Waals surface area (Å²) < 4.78 is 6.00. The van der Waals surface area contributed by atoms with E-state index in [2.05, 4.69) is 91.1 Å². The van der Waals surface area contributed by atoms with Gasteiger partial charge in [-0.15, -0.1) is 12.4 Å². The van der Waals surface area contributed by atoms with Crippen molar-refractivity contribution in [3.05, 3.63) is 136 Å². The molecule has 0 heterocycles. The summed E-state index contributed by atoms with van der Waals surface area (Å²) in [5.74, 6) is 1.27. The number of benzene rings is 4. The van der Waals surface area contributed by atoms with E-state index in [4.69, 9.17) is 16.3 Å². The molecule has 0 saturated carbocycles. The molecule has 4 aromatic rings. The van der Waals surface area contributed by atoms with Crippen molar-refractivity contribution in [1.82, 2.24) is 5.32 Å². The van der Waals surface area contributed by atoms with Crippen molar-refractivity contribution in [3.8, 4) is 5.75 Å². The average molecular weight is 507 g/mol. The molecule has 4 aromatic carbocycles. The van der Waals surface area contributed by atoms with E-state index in [1.54, 1.807) is 0 Å². The van der Waals surface area contributed by atoms with Gasteiger partial charge in [0.2, 0.25) is 0 Å². The molecule has 35 heavy (non-hydrogen) atoms. The molecule has 0 radical (unpaired) electrons. The highest BCUT2D eigenvalue weighted by molar-refractivity contribution is 6.31. The van der Waals surface area contributed by atoms with E-state index in [1.807, 2.05) is 30.3 Å². The second-order valence-electron chi connectivity index (χ2n) is 8.75. The lowest BCUT2D eigenvalue weighted by molar-refractivity contribution is 0.306. The molecule has 182 valence electrons. The second-order valence-corrected chi connectivity index (χ2v) is 9.16. The minimum atomic E-state index is 0. The molecule has 0 aliphatic carbocycles. The number of ether oxygens (including phenoxy) is 1. The Hall–Kier alpha value is -2.78. The summed E-state index contributed by atoms with van der Waals surface area (Å²) in [7, 11) is 0. The van der Waals surface area contributed by atoms with Crippen molar-refractivity contribution in [3.63, 3.8) is 0 Å². The quantitative estimate of drug-likeness (QED) is 0.222. The fraction of sp³-hybridized carbons (Fsp3) is 0.226. The van der Waals surface area contributed by atoms with Gasteiger partial charge in [-0.1, -0.05) is 103 Å². The molecule has 0 saturated heterocycles. The number of rotatable bonds is 11. The molecular formula is C31H33Cl2NO. The van der Waals surface area contributed by atoms with Crippen LogP contribution in [0.15, 0.2) is 109 Å². The van der Waals surface area contributed by atoms with Gasteiger partial charge in [0.25, 0.3) is 0 Å². The van der Waals surface area contributed by atoms with Gasteiger partial charge in [0, 0.05) is 22.5 Å². The van der Waals surface area contributed by atoms with E-state index in [9.17, 15) is 0 Å². The maximum atomic E-state index is 6.25. The number of halogens is 2. The fourth-order valence-electron chi connectivity index (χ4n) is 4.34. The zero-order valence-electron chi connectivity index (χ0n) is 20.1. The van der Waals surface area contributed by atoms with Crippen molar-refractivity contribution >= 4 is 24.0 Å². The number of hydrogen-bond acceptors (Lipinski definition) is 2. The molecule has 1 unspecified atom stereocenters. The Morgan fingerprint density at radius 2 is 1.40 bits per heavy atom. The molecule has 0 aliphatic rings. The van der Waals surface area contributed by atoms with E-state index in [0.29, 0.717) is 18.6 Å². The highest BCUT2D eigenvalue weighted by Crippen LogP contribution is 2.27. The zero-order chi connectivity index (χ0) is 23.6. The third-order valence-corrected chi connectivity index (χ3v) is 6.49. The predicted molar refractivity (Wildman–Crippen MR) is 150 cm³/mol. The van der Waals surface area contributed by atoms with Crippen molar-refractivity contribution in [2.24, 2.45) is 0 Å². The molecule has 0 spiro atoms. The monoisotopic (exact) mass is 505 g/mol. The summed E-state index contributed by atoms with van der Waals surface area (Å²) in [4.78, 5) is 0. The Bertz CT molecular complexity index is 1110. The van der Waals surface area contributed by atoms with Crippen LogP contribution in [0.3, 0.4) is 0 Å². The second kappa shape index (κ2) is 13.9. The smallest absolute Gasteiger partial charge is 0.120 e. The van der Waals surface area contributed by atoms with Crippen LogP contribution in [0.25, 0.3) is 0 Å². The molecule has 0 aromatic heterocycles. The SMILES string of the molecule is CC(Cc1cccc(OCc2ccccc2Cl)c1)NCCC(c1ccccc1)c1ccccc1.Cl. The molecular weight excluding hydrogens is 473 g/mol. The van der Waals surface area contributed by atoms with Crippen LogP contribution in [-0.4, -0.2) is 12.6 Å². The van der Waals surface area contributed by atoms with Gasteiger partial charge in [0.1, 0.15) is 12.4 Å². The van der Waals surface area contributed by atoms with Gasteiger partial charge >= 0.3 is 0 Å². The van der Waals surface area contributed by atoms with Crippen LogP contribution in [0.5, 0.6) is 5.75 Å². The summed E-state index contributed by atoms with van der Waals surface area (Å²) in [6, 6.07) is 38.1. The summed E-state index contributed by atoms with van der Waals surface area (Å²) in [6.07, 6.45) is 2.00. The highest BCUT2D eigenvalue weighted by Gasteiger charge is 2.14. The third kappa shape index (κ3) is 8.14. The van der Waals surface area contributed by atoms with Crippen LogP contribution in [0, 0.1) is 0 Å². The van der Waals surface area contributed by atoms with Gasteiger partial charge < -0.3 is 10.1 Å². The molecule has 0 amide bonds. The fourth-order valence-corrected chi connectivity index (χ4v) is 4.53. The average Bonchev–Trinajstić information content (AvgIpc) is 2.87. The number of hydrogen-bond donors (Lipinski definition) is 1. The molecule has 1 atom stereocenters.